The maximum atomic E-state index is 12.0. The Hall–Kier alpha value is -2.34. The lowest BCUT2D eigenvalue weighted by Gasteiger charge is -2.13. The number of benzene rings is 1. The highest BCUT2D eigenvalue weighted by molar-refractivity contribution is 6.39. The van der Waals surface area contributed by atoms with Gasteiger partial charge in [-0.2, -0.15) is 0 Å². The van der Waals surface area contributed by atoms with Gasteiger partial charge in [-0.25, -0.2) is 0 Å². The van der Waals surface area contributed by atoms with Gasteiger partial charge >= 0.3 is 11.8 Å². The Morgan fingerprint density at radius 1 is 1.21 bits per heavy atom. The summed E-state index contributed by atoms with van der Waals surface area (Å²) in [5.41, 5.74) is 1.57. The van der Waals surface area contributed by atoms with E-state index in [1.165, 1.54) is 0 Å². The Balaban J connectivity index is 1.95. The predicted molar refractivity (Wildman–Crippen MR) is 94.7 cm³/mol. The molecule has 6 nitrogen and oxygen atoms in total. The van der Waals surface area contributed by atoms with E-state index in [1.807, 2.05) is 45.2 Å². The Kier molecular flexibility index (Phi) is 5.98. The standard InChI is InChI=1S/C18H25N3O3/c1-4-21-8-7-13-5-6-14(10-16(13)21)20-18(24)17(23)19-11-15(22)9-12(2)3/h5-8,10,12,15,22H,4,9,11H2,1-3H3,(H,19,23)(H,20,24). The smallest absolute Gasteiger partial charge is 0.313 e. The number of aryl methyl sites for hydroxylation is 1. The van der Waals surface area contributed by atoms with Crippen molar-refractivity contribution in [2.45, 2.75) is 39.8 Å². The van der Waals surface area contributed by atoms with Gasteiger partial charge in [0.1, 0.15) is 0 Å². The van der Waals surface area contributed by atoms with Crippen LogP contribution in [0.5, 0.6) is 0 Å². The molecule has 3 N–H and O–H groups in total. The highest BCUT2D eigenvalue weighted by atomic mass is 16.3. The topological polar surface area (TPSA) is 83.4 Å². The number of carbonyl (C=O) groups is 2. The number of hydrogen-bond acceptors (Lipinski definition) is 3. The van der Waals surface area contributed by atoms with Crippen LogP contribution in [0.1, 0.15) is 27.2 Å². The van der Waals surface area contributed by atoms with Crippen molar-refractivity contribution < 1.29 is 14.7 Å². The summed E-state index contributed by atoms with van der Waals surface area (Å²) in [6.07, 6.45) is 1.91. The summed E-state index contributed by atoms with van der Waals surface area (Å²) in [7, 11) is 0. The largest absolute Gasteiger partial charge is 0.391 e. The van der Waals surface area contributed by atoms with Crippen LogP contribution >= 0.6 is 0 Å². The number of nitrogens with one attached hydrogen (secondary N) is 2. The van der Waals surface area contributed by atoms with Crippen molar-refractivity contribution >= 4 is 28.4 Å². The molecule has 1 aromatic heterocycles. The van der Waals surface area contributed by atoms with Gasteiger partial charge in [-0.3, -0.25) is 9.59 Å². The molecule has 2 amide bonds. The van der Waals surface area contributed by atoms with Gasteiger partial charge in [0.05, 0.1) is 11.6 Å². The van der Waals surface area contributed by atoms with Crippen LogP contribution < -0.4 is 10.6 Å². The lowest BCUT2D eigenvalue weighted by molar-refractivity contribution is -0.136. The third kappa shape index (κ3) is 4.58. The Bertz CT molecular complexity index is 721. The molecule has 1 aromatic carbocycles. The Morgan fingerprint density at radius 2 is 1.96 bits per heavy atom. The highest BCUT2D eigenvalue weighted by Gasteiger charge is 2.16. The minimum Gasteiger partial charge on any atom is -0.391 e. The molecule has 0 saturated carbocycles. The number of hydrogen-bond donors (Lipinski definition) is 3. The van der Waals surface area contributed by atoms with Crippen LogP contribution in [0.25, 0.3) is 10.9 Å². The van der Waals surface area contributed by atoms with Crippen molar-refractivity contribution in [1.82, 2.24) is 9.88 Å². The number of nitrogens with zero attached hydrogens (tertiary/aromatic N) is 1. The molecule has 24 heavy (non-hydrogen) atoms. The van der Waals surface area contributed by atoms with Crippen LogP contribution in [0, 0.1) is 5.92 Å². The van der Waals surface area contributed by atoms with E-state index in [0.29, 0.717) is 18.0 Å². The summed E-state index contributed by atoms with van der Waals surface area (Å²) < 4.78 is 2.06. The molecule has 0 aliphatic carbocycles. The van der Waals surface area contributed by atoms with Crippen molar-refractivity contribution in [3.8, 4) is 0 Å². The second kappa shape index (κ2) is 7.97. The van der Waals surface area contributed by atoms with E-state index in [9.17, 15) is 14.7 Å². The van der Waals surface area contributed by atoms with Crippen molar-refractivity contribution in [2.75, 3.05) is 11.9 Å². The molecule has 6 heteroatoms. The molecule has 0 bridgehead atoms. The number of carbonyl (C=O) groups excluding carboxylic acids is 2. The van der Waals surface area contributed by atoms with Gasteiger partial charge in [0.15, 0.2) is 0 Å². The molecule has 130 valence electrons. The number of amides is 2. The average molecular weight is 331 g/mol. The quantitative estimate of drug-likeness (QED) is 0.709. The first-order valence-corrected chi connectivity index (χ1v) is 8.26. The number of fused-ring (bicyclic) bond motifs is 1. The summed E-state index contributed by atoms with van der Waals surface area (Å²) in [4.78, 5) is 23.8. The van der Waals surface area contributed by atoms with Crippen LogP contribution in [0.2, 0.25) is 0 Å². The van der Waals surface area contributed by atoms with Gasteiger partial charge in [0, 0.05) is 25.0 Å². The molecule has 2 aromatic rings. The van der Waals surface area contributed by atoms with Gasteiger partial charge in [-0.05, 0) is 42.8 Å². The van der Waals surface area contributed by atoms with E-state index < -0.39 is 17.9 Å². The van der Waals surface area contributed by atoms with Crippen LogP contribution in [0.3, 0.4) is 0 Å². The average Bonchev–Trinajstić information content (AvgIpc) is 2.94. The Labute approximate surface area is 141 Å². The molecular formula is C18H25N3O3. The summed E-state index contributed by atoms with van der Waals surface area (Å²) in [5, 5.41) is 15.9. The fraction of sp³-hybridized carbons (Fsp3) is 0.444. The van der Waals surface area contributed by atoms with Gasteiger partial charge < -0.3 is 20.3 Å². The maximum Gasteiger partial charge on any atom is 0.313 e. The molecule has 0 spiro atoms. The van der Waals surface area contributed by atoms with Crippen LogP contribution in [0.4, 0.5) is 5.69 Å². The fourth-order valence-corrected chi connectivity index (χ4v) is 2.64. The van der Waals surface area contributed by atoms with E-state index in [0.717, 1.165) is 17.4 Å². The van der Waals surface area contributed by atoms with Crippen LogP contribution in [-0.4, -0.2) is 34.1 Å². The first-order chi connectivity index (χ1) is 11.4. The molecule has 0 aliphatic heterocycles. The van der Waals surface area contributed by atoms with E-state index >= 15 is 0 Å². The third-order valence-electron chi connectivity index (χ3n) is 3.82. The Morgan fingerprint density at radius 3 is 2.62 bits per heavy atom. The van der Waals surface area contributed by atoms with Gasteiger partial charge in [0.2, 0.25) is 0 Å². The van der Waals surface area contributed by atoms with Crippen molar-refractivity contribution in [3.63, 3.8) is 0 Å². The van der Waals surface area contributed by atoms with E-state index in [1.54, 1.807) is 6.07 Å². The molecule has 0 aliphatic rings. The third-order valence-corrected chi connectivity index (χ3v) is 3.82. The normalized spacial score (nSPS) is 12.4. The van der Waals surface area contributed by atoms with Crippen LogP contribution in [0.15, 0.2) is 30.5 Å². The van der Waals surface area contributed by atoms with Crippen molar-refractivity contribution in [1.29, 1.82) is 0 Å². The zero-order valence-corrected chi connectivity index (χ0v) is 14.4. The number of rotatable bonds is 6. The number of aliphatic hydroxyl groups excluding tert-OH is 1. The van der Waals surface area contributed by atoms with E-state index in [-0.39, 0.29) is 6.54 Å². The summed E-state index contributed by atoms with van der Waals surface area (Å²) >= 11 is 0. The van der Waals surface area contributed by atoms with E-state index in [4.69, 9.17) is 0 Å². The first-order valence-electron chi connectivity index (χ1n) is 8.26. The summed E-state index contributed by atoms with van der Waals surface area (Å²) in [6.45, 7) is 6.91. The molecule has 1 unspecified atom stereocenters. The van der Waals surface area contributed by atoms with Crippen molar-refractivity contribution in [2.24, 2.45) is 5.92 Å². The molecule has 0 saturated heterocycles. The molecule has 2 rings (SSSR count). The second-order valence-corrected chi connectivity index (χ2v) is 6.32. The minimum atomic E-state index is -0.747. The van der Waals surface area contributed by atoms with Crippen LogP contribution in [-0.2, 0) is 16.1 Å². The maximum absolute atomic E-state index is 12.0. The lowest BCUT2D eigenvalue weighted by atomic mass is 10.1. The zero-order valence-electron chi connectivity index (χ0n) is 14.4. The monoisotopic (exact) mass is 331 g/mol. The number of aliphatic hydroxyl groups is 1. The minimum absolute atomic E-state index is 0.0716. The summed E-state index contributed by atoms with van der Waals surface area (Å²) in [5.74, 6) is -1.16. The van der Waals surface area contributed by atoms with Gasteiger partial charge in [-0.15, -0.1) is 0 Å². The lowest BCUT2D eigenvalue weighted by Crippen LogP contribution is -2.39. The van der Waals surface area contributed by atoms with E-state index in [2.05, 4.69) is 15.2 Å². The number of anilines is 1. The number of aromatic nitrogens is 1. The van der Waals surface area contributed by atoms with Crippen molar-refractivity contribution in [3.05, 3.63) is 30.5 Å². The summed E-state index contributed by atoms with van der Waals surface area (Å²) in [6, 6.07) is 7.52. The fourth-order valence-electron chi connectivity index (χ4n) is 2.64. The molecule has 0 fully saturated rings. The molecule has 1 heterocycles. The zero-order chi connectivity index (χ0) is 17.7. The molecule has 0 radical (unpaired) electrons. The predicted octanol–water partition coefficient (Wildman–Crippen LogP) is 2.12. The van der Waals surface area contributed by atoms with Gasteiger partial charge in [0.25, 0.3) is 0 Å². The molecular weight excluding hydrogens is 306 g/mol. The highest BCUT2D eigenvalue weighted by Crippen LogP contribution is 2.20. The SMILES string of the molecule is CCn1ccc2ccc(NC(=O)C(=O)NCC(O)CC(C)C)cc21. The molecule has 1 atom stereocenters. The first kappa shape index (κ1) is 18.0. The van der Waals surface area contributed by atoms with Gasteiger partial charge in [-0.1, -0.05) is 19.9 Å². The second-order valence-electron chi connectivity index (χ2n) is 6.32.